The minimum Gasteiger partial charge on any atom is -0.383 e. The van der Waals surface area contributed by atoms with Crippen LogP contribution in [0.15, 0.2) is 28.2 Å². The van der Waals surface area contributed by atoms with Crippen LogP contribution in [-0.2, 0) is 16.6 Å². The van der Waals surface area contributed by atoms with Crippen LogP contribution in [0.3, 0.4) is 0 Å². The van der Waals surface area contributed by atoms with Crippen LogP contribution in [0.1, 0.15) is 29.9 Å². The third-order valence-corrected chi connectivity index (χ3v) is 4.83. The van der Waals surface area contributed by atoms with E-state index in [9.17, 15) is 10.1 Å². The zero-order valence-corrected chi connectivity index (χ0v) is 15.9. The van der Waals surface area contributed by atoms with Crippen LogP contribution in [0.25, 0.3) is 6.08 Å². The molecular weight excluding hydrogens is 336 g/mol. The van der Waals surface area contributed by atoms with Crippen molar-refractivity contribution in [3.8, 4) is 6.07 Å². The summed E-state index contributed by atoms with van der Waals surface area (Å²) in [6.07, 6.45) is 3.43. The van der Waals surface area contributed by atoms with Crippen LogP contribution in [0.5, 0.6) is 0 Å². The molecule has 0 aliphatic heterocycles. The quantitative estimate of drug-likeness (QED) is 0.609. The van der Waals surface area contributed by atoms with Crippen LogP contribution >= 0.6 is 11.3 Å². The van der Waals surface area contributed by atoms with Gasteiger partial charge in [0, 0.05) is 37.1 Å². The zero-order valence-electron chi connectivity index (χ0n) is 15.1. The first-order valence-corrected chi connectivity index (χ1v) is 8.75. The van der Waals surface area contributed by atoms with Gasteiger partial charge in [-0.05, 0) is 38.5 Å². The maximum Gasteiger partial charge on any atom is 0.290 e. The number of rotatable bonds is 5. The van der Waals surface area contributed by atoms with Crippen molar-refractivity contribution in [3.63, 3.8) is 0 Å². The fraction of sp³-hybridized carbons (Fsp3) is 0.389. The summed E-state index contributed by atoms with van der Waals surface area (Å²) in [5, 5.41) is 11.2. The van der Waals surface area contributed by atoms with Gasteiger partial charge in [0.25, 0.3) is 5.91 Å². The molecule has 2 aromatic rings. The Morgan fingerprint density at radius 3 is 2.80 bits per heavy atom. The van der Waals surface area contributed by atoms with E-state index in [0.717, 1.165) is 17.0 Å². The topological polar surface area (TPSA) is 72.3 Å². The number of carbonyl (C=O) groups is 1. The zero-order chi connectivity index (χ0) is 18.6. The molecular formula is C18H22N4O2S. The highest BCUT2D eigenvalue weighted by atomic mass is 32.1. The number of carbonyl (C=O) groups excluding carboxylic acids is 1. The van der Waals surface area contributed by atoms with Crippen LogP contribution < -0.4 is 4.80 Å². The van der Waals surface area contributed by atoms with Gasteiger partial charge < -0.3 is 13.9 Å². The molecule has 0 bridgehead atoms. The number of ether oxygens (including phenoxy) is 1. The largest absolute Gasteiger partial charge is 0.383 e. The lowest BCUT2D eigenvalue weighted by Gasteiger charge is -2.17. The summed E-state index contributed by atoms with van der Waals surface area (Å²) in [5.74, 6) is -0.532. The monoisotopic (exact) mass is 358 g/mol. The molecule has 0 aliphatic carbocycles. The molecule has 0 aromatic carbocycles. The molecule has 132 valence electrons. The van der Waals surface area contributed by atoms with E-state index in [1.54, 1.807) is 17.8 Å². The van der Waals surface area contributed by atoms with E-state index >= 15 is 0 Å². The Balaban J connectivity index is 2.41. The average Bonchev–Trinajstić information content (AvgIpc) is 3.08. The number of nitriles is 1. The van der Waals surface area contributed by atoms with Crippen molar-refractivity contribution in [1.82, 2.24) is 9.13 Å². The molecule has 1 unspecified atom stereocenters. The Morgan fingerprint density at radius 2 is 2.24 bits per heavy atom. The Morgan fingerprint density at radius 1 is 1.52 bits per heavy atom. The Hall–Kier alpha value is -2.43. The van der Waals surface area contributed by atoms with Crippen LogP contribution in [-0.4, -0.2) is 28.8 Å². The first-order valence-electron chi connectivity index (χ1n) is 7.87. The minimum atomic E-state index is -0.532. The van der Waals surface area contributed by atoms with Crippen LogP contribution in [0.4, 0.5) is 0 Å². The number of thiazole rings is 1. The molecule has 2 rings (SSSR count). The van der Waals surface area contributed by atoms with Crippen molar-refractivity contribution < 1.29 is 9.53 Å². The molecule has 6 nitrogen and oxygen atoms in total. The van der Waals surface area contributed by atoms with Crippen LogP contribution in [0, 0.1) is 25.2 Å². The lowest BCUT2D eigenvalue weighted by molar-refractivity contribution is -0.114. The number of nitrogens with zero attached hydrogens (tertiary/aromatic N) is 4. The van der Waals surface area contributed by atoms with Gasteiger partial charge in [0.05, 0.1) is 12.6 Å². The van der Waals surface area contributed by atoms with Crippen LogP contribution in [0.2, 0.25) is 0 Å². The van der Waals surface area contributed by atoms with Crippen molar-refractivity contribution in [2.45, 2.75) is 26.8 Å². The van der Waals surface area contributed by atoms with Gasteiger partial charge in [0.15, 0.2) is 4.80 Å². The van der Waals surface area contributed by atoms with Crippen molar-refractivity contribution in [3.05, 3.63) is 45.0 Å². The highest BCUT2D eigenvalue weighted by Gasteiger charge is 2.15. The van der Waals surface area contributed by atoms with Gasteiger partial charge in [-0.1, -0.05) is 0 Å². The highest BCUT2D eigenvalue weighted by Crippen LogP contribution is 2.23. The lowest BCUT2D eigenvalue weighted by atomic mass is 10.1. The summed E-state index contributed by atoms with van der Waals surface area (Å²) >= 11 is 1.35. The lowest BCUT2D eigenvalue weighted by Crippen LogP contribution is -2.14. The molecule has 2 aromatic heterocycles. The molecule has 0 saturated heterocycles. The molecule has 2 heterocycles. The SMILES string of the molecule is COCC(C)n1c(C)cc(/C=C(\C#N)C(=O)N=c2sccn2C)c1C. The van der Waals surface area contributed by atoms with E-state index in [1.807, 2.05) is 44.6 Å². The van der Waals surface area contributed by atoms with Gasteiger partial charge in [-0.15, -0.1) is 11.3 Å². The molecule has 0 radical (unpaired) electrons. The fourth-order valence-electron chi connectivity index (χ4n) is 2.82. The van der Waals surface area contributed by atoms with E-state index in [1.165, 1.54) is 11.3 Å². The van der Waals surface area contributed by atoms with Gasteiger partial charge in [-0.3, -0.25) is 4.79 Å². The molecule has 0 N–H and O–H groups in total. The summed E-state index contributed by atoms with van der Waals surface area (Å²) in [7, 11) is 3.48. The standard InChI is InChI=1S/C18H22N4O2S/c1-12-8-15(14(3)22(12)13(2)11-24-5)9-16(10-19)17(23)20-18-21(4)6-7-25-18/h6-9,13H,11H2,1-5H3/b16-9+,20-18?. The van der Waals surface area contributed by atoms with E-state index in [0.29, 0.717) is 11.4 Å². The highest BCUT2D eigenvalue weighted by molar-refractivity contribution is 7.07. The third kappa shape index (κ3) is 4.16. The van der Waals surface area contributed by atoms with E-state index < -0.39 is 5.91 Å². The molecule has 0 spiro atoms. The second-order valence-corrected chi connectivity index (χ2v) is 6.76. The number of hydrogen-bond donors (Lipinski definition) is 0. The summed E-state index contributed by atoms with van der Waals surface area (Å²) in [4.78, 5) is 16.9. The van der Waals surface area contributed by atoms with E-state index in [-0.39, 0.29) is 11.6 Å². The average molecular weight is 358 g/mol. The summed E-state index contributed by atoms with van der Waals surface area (Å²) < 4.78 is 9.12. The smallest absolute Gasteiger partial charge is 0.290 e. The number of amides is 1. The first kappa shape index (κ1) is 18.9. The van der Waals surface area contributed by atoms with E-state index in [4.69, 9.17) is 4.74 Å². The molecule has 0 saturated carbocycles. The van der Waals surface area contributed by atoms with Crippen molar-refractivity contribution in [2.24, 2.45) is 12.0 Å². The maximum atomic E-state index is 12.3. The molecule has 0 fully saturated rings. The maximum absolute atomic E-state index is 12.3. The first-order chi connectivity index (χ1) is 11.9. The second-order valence-electron chi connectivity index (χ2n) is 5.88. The van der Waals surface area contributed by atoms with Gasteiger partial charge >= 0.3 is 0 Å². The Bertz CT molecular complexity index is 908. The summed E-state index contributed by atoms with van der Waals surface area (Å²) in [6.45, 7) is 6.63. The molecule has 25 heavy (non-hydrogen) atoms. The molecule has 1 amide bonds. The van der Waals surface area contributed by atoms with E-state index in [2.05, 4.69) is 16.5 Å². The van der Waals surface area contributed by atoms with Gasteiger partial charge in [-0.25, -0.2) is 0 Å². The molecule has 7 heteroatoms. The van der Waals surface area contributed by atoms with Crippen molar-refractivity contribution >= 4 is 23.3 Å². The summed E-state index contributed by atoms with van der Waals surface area (Å²) in [6, 6.07) is 4.11. The number of methoxy groups -OCH3 is 1. The fourth-order valence-corrected chi connectivity index (χ4v) is 3.55. The minimum absolute atomic E-state index is 0.0213. The van der Waals surface area contributed by atoms with Gasteiger partial charge in [0.2, 0.25) is 0 Å². The normalized spacial score (nSPS) is 13.8. The van der Waals surface area contributed by atoms with Gasteiger partial charge in [0.1, 0.15) is 11.6 Å². The summed E-state index contributed by atoms with van der Waals surface area (Å²) in [5.41, 5.74) is 2.91. The Labute approximate surface area is 151 Å². The third-order valence-electron chi connectivity index (χ3n) is 3.98. The second kappa shape index (κ2) is 8.10. The van der Waals surface area contributed by atoms with Gasteiger partial charge in [-0.2, -0.15) is 10.3 Å². The number of aryl methyl sites for hydroxylation is 2. The molecule has 0 aliphatic rings. The number of aromatic nitrogens is 2. The Kier molecular flexibility index (Phi) is 6.12. The van der Waals surface area contributed by atoms with Crippen molar-refractivity contribution in [1.29, 1.82) is 5.26 Å². The number of hydrogen-bond acceptors (Lipinski definition) is 4. The molecule has 1 atom stereocenters. The predicted octanol–water partition coefficient (Wildman–Crippen LogP) is 2.75. The predicted molar refractivity (Wildman–Crippen MR) is 97.9 cm³/mol. The van der Waals surface area contributed by atoms with Crippen molar-refractivity contribution in [2.75, 3.05) is 13.7 Å².